The number of rotatable bonds is 2. The number of likely N-dealkylation sites (N-methyl/N-ethyl adjacent to an activating group) is 1. The van der Waals surface area contributed by atoms with Crippen molar-refractivity contribution < 1.29 is 22.8 Å². The van der Waals surface area contributed by atoms with Crippen LogP contribution < -0.4 is 10.6 Å². The summed E-state index contributed by atoms with van der Waals surface area (Å²) in [6.45, 7) is 6.90. The van der Waals surface area contributed by atoms with E-state index in [2.05, 4.69) is 5.73 Å². The van der Waals surface area contributed by atoms with Crippen LogP contribution in [-0.2, 0) is 15.8 Å². The number of halogens is 3. The minimum Gasteiger partial charge on any atom is -0.370 e. The van der Waals surface area contributed by atoms with Crippen molar-refractivity contribution in [3.8, 4) is 6.07 Å². The molecule has 0 radical (unpaired) electrons. The average Bonchev–Trinajstić information content (AvgIpc) is 2.70. The molecule has 2 N–H and O–H groups in total. The van der Waals surface area contributed by atoms with Crippen LogP contribution in [0.15, 0.2) is 18.2 Å². The molecule has 0 spiro atoms. The fraction of sp³-hybridized carbons (Fsp3) is 0.412. The van der Waals surface area contributed by atoms with Gasteiger partial charge in [0, 0.05) is 13.5 Å². The molecule has 0 aliphatic carbocycles. The van der Waals surface area contributed by atoms with E-state index in [1.807, 2.05) is 6.92 Å². The van der Waals surface area contributed by atoms with Gasteiger partial charge in [0.1, 0.15) is 5.54 Å². The van der Waals surface area contributed by atoms with Gasteiger partial charge in [0.2, 0.25) is 5.91 Å². The zero-order valence-corrected chi connectivity index (χ0v) is 16.0. The van der Waals surface area contributed by atoms with Gasteiger partial charge in [-0.3, -0.25) is 14.5 Å². The number of alkyl halides is 3. The van der Waals surface area contributed by atoms with E-state index >= 15 is 0 Å². The molecule has 0 saturated carbocycles. The topological polar surface area (TPSA) is 90.4 Å². The monoisotopic (exact) mass is 400 g/mol. The van der Waals surface area contributed by atoms with Crippen LogP contribution in [0.2, 0.25) is 0 Å². The molecule has 6 nitrogen and oxygen atoms in total. The maximum atomic E-state index is 13.1. The average molecular weight is 400 g/mol. The van der Waals surface area contributed by atoms with E-state index in [9.17, 15) is 22.8 Å². The molecule has 0 aromatic heterocycles. The van der Waals surface area contributed by atoms with Gasteiger partial charge in [-0.2, -0.15) is 18.4 Å². The van der Waals surface area contributed by atoms with Crippen LogP contribution in [0.25, 0.3) is 0 Å². The number of carbonyl (C=O) groups is 2. The first-order chi connectivity index (χ1) is 12.3. The summed E-state index contributed by atoms with van der Waals surface area (Å²) in [6, 6.07) is 4.65. The molecule has 1 fully saturated rings. The molecule has 1 heterocycles. The summed E-state index contributed by atoms with van der Waals surface area (Å²) in [4.78, 5) is 24.5. The lowest BCUT2D eigenvalue weighted by Gasteiger charge is -2.27. The van der Waals surface area contributed by atoms with Crippen molar-refractivity contribution in [3.05, 3.63) is 29.3 Å². The predicted molar refractivity (Wildman–Crippen MR) is 97.6 cm³/mol. The highest BCUT2D eigenvalue weighted by atomic mass is 32.1. The van der Waals surface area contributed by atoms with Crippen LogP contribution >= 0.6 is 12.2 Å². The quantitative estimate of drug-likeness (QED) is 0.771. The number of amides is 2. The van der Waals surface area contributed by atoms with Gasteiger partial charge in [-0.1, -0.05) is 0 Å². The SMILES string of the molecule is CC(N)=O.CCN1C(=S)N(c2ccc(C#N)c(C(F)(F)F)c2)C(=O)C1(C)C. The molecule has 0 atom stereocenters. The van der Waals surface area contributed by atoms with Gasteiger partial charge in [-0.25, -0.2) is 0 Å². The molecule has 0 unspecified atom stereocenters. The third-order valence-corrected chi connectivity index (χ3v) is 4.23. The van der Waals surface area contributed by atoms with Crippen molar-refractivity contribution in [2.45, 2.75) is 39.4 Å². The smallest absolute Gasteiger partial charge is 0.370 e. The highest BCUT2D eigenvalue weighted by Crippen LogP contribution is 2.37. The molecule has 1 aromatic carbocycles. The Kier molecular flexibility index (Phi) is 6.56. The Bertz CT molecular complexity index is 811. The zero-order chi connectivity index (χ0) is 21.2. The number of thiocarbonyl (C=S) groups is 1. The minimum absolute atomic E-state index is 0.00958. The fourth-order valence-electron chi connectivity index (χ4n) is 2.60. The molecule has 1 saturated heterocycles. The van der Waals surface area contributed by atoms with Crippen molar-refractivity contribution in [2.24, 2.45) is 5.73 Å². The molecule has 146 valence electrons. The molecule has 1 aliphatic heterocycles. The van der Waals surface area contributed by atoms with Crippen LogP contribution in [0.4, 0.5) is 18.9 Å². The second kappa shape index (κ2) is 7.92. The summed E-state index contributed by atoms with van der Waals surface area (Å²) in [5.41, 5.74) is 1.97. The van der Waals surface area contributed by atoms with Crippen molar-refractivity contribution in [1.29, 1.82) is 5.26 Å². The van der Waals surface area contributed by atoms with E-state index in [0.717, 1.165) is 17.0 Å². The summed E-state index contributed by atoms with van der Waals surface area (Å²) in [6.07, 6.45) is -4.69. The molecular formula is C17H19F3N4O2S. The standard InChI is InChI=1S/C15H14F3N3OS.C2H5NO/c1-4-20-13(23)21(12(22)14(20,2)3)10-6-5-9(8-19)11(7-10)15(16,17)18;1-2(3)4/h5-7H,4H2,1-3H3;1H3,(H2,3,4). The van der Waals surface area contributed by atoms with Gasteiger partial charge in [-0.05, 0) is 51.2 Å². The Morgan fingerprint density at radius 3 is 2.26 bits per heavy atom. The lowest BCUT2D eigenvalue weighted by molar-refractivity contribution is -0.137. The Balaban J connectivity index is 0.000000828. The zero-order valence-electron chi connectivity index (χ0n) is 15.2. The Labute approximate surface area is 160 Å². The molecule has 27 heavy (non-hydrogen) atoms. The van der Waals surface area contributed by atoms with Gasteiger partial charge in [0.25, 0.3) is 5.91 Å². The molecule has 2 amide bonds. The molecular weight excluding hydrogens is 381 g/mol. The second-order valence-electron chi connectivity index (χ2n) is 6.18. The van der Waals surface area contributed by atoms with Crippen molar-refractivity contribution in [3.63, 3.8) is 0 Å². The van der Waals surface area contributed by atoms with Gasteiger partial charge in [0.05, 0.1) is 22.9 Å². The van der Waals surface area contributed by atoms with Crippen molar-refractivity contribution in [1.82, 2.24) is 4.90 Å². The molecule has 2 rings (SSSR count). The van der Waals surface area contributed by atoms with Gasteiger partial charge < -0.3 is 10.6 Å². The van der Waals surface area contributed by atoms with Crippen LogP contribution in [0.3, 0.4) is 0 Å². The van der Waals surface area contributed by atoms with E-state index in [4.69, 9.17) is 17.5 Å². The third kappa shape index (κ3) is 4.54. The highest BCUT2D eigenvalue weighted by Gasteiger charge is 2.49. The maximum Gasteiger partial charge on any atom is 0.417 e. The largest absolute Gasteiger partial charge is 0.417 e. The number of hydrogen-bond acceptors (Lipinski definition) is 4. The number of benzene rings is 1. The molecule has 1 aliphatic rings. The summed E-state index contributed by atoms with van der Waals surface area (Å²) < 4.78 is 39.3. The number of hydrogen-bond donors (Lipinski definition) is 1. The van der Waals surface area contributed by atoms with E-state index in [1.165, 1.54) is 19.1 Å². The van der Waals surface area contributed by atoms with E-state index < -0.39 is 28.7 Å². The first kappa shape index (κ1) is 22.4. The molecule has 0 bridgehead atoms. The number of carbonyl (C=O) groups excluding carboxylic acids is 2. The normalized spacial score (nSPS) is 15.9. The minimum atomic E-state index is -4.69. The number of nitriles is 1. The third-order valence-electron chi connectivity index (χ3n) is 3.83. The Morgan fingerprint density at radius 1 is 1.37 bits per heavy atom. The van der Waals surface area contributed by atoms with E-state index in [1.54, 1.807) is 18.7 Å². The first-order valence-electron chi connectivity index (χ1n) is 7.82. The van der Waals surface area contributed by atoms with Crippen LogP contribution in [-0.4, -0.2) is 33.9 Å². The van der Waals surface area contributed by atoms with Crippen molar-refractivity contribution in [2.75, 3.05) is 11.4 Å². The number of nitrogens with two attached hydrogens (primary N) is 1. The van der Waals surface area contributed by atoms with Gasteiger partial charge in [0.15, 0.2) is 5.11 Å². The van der Waals surface area contributed by atoms with Crippen molar-refractivity contribution >= 4 is 34.8 Å². The lowest BCUT2D eigenvalue weighted by atomic mass is 10.0. The number of anilines is 1. The van der Waals surface area contributed by atoms with Crippen LogP contribution in [0, 0.1) is 11.3 Å². The summed E-state index contributed by atoms with van der Waals surface area (Å²) in [7, 11) is 0. The Hall–Kier alpha value is -2.67. The van der Waals surface area contributed by atoms with Gasteiger partial charge in [-0.15, -0.1) is 0 Å². The van der Waals surface area contributed by atoms with Gasteiger partial charge >= 0.3 is 6.18 Å². The summed E-state index contributed by atoms with van der Waals surface area (Å²) in [5, 5.41) is 8.99. The van der Waals surface area contributed by atoms with Crippen LogP contribution in [0.5, 0.6) is 0 Å². The summed E-state index contributed by atoms with van der Waals surface area (Å²) in [5.74, 6) is -0.734. The summed E-state index contributed by atoms with van der Waals surface area (Å²) >= 11 is 5.25. The fourth-order valence-corrected chi connectivity index (χ4v) is 3.14. The number of primary amides is 1. The second-order valence-corrected chi connectivity index (χ2v) is 6.54. The van der Waals surface area contributed by atoms with Crippen LogP contribution in [0.1, 0.15) is 38.8 Å². The Morgan fingerprint density at radius 2 is 1.89 bits per heavy atom. The lowest BCUT2D eigenvalue weighted by Crippen LogP contribution is -2.43. The highest BCUT2D eigenvalue weighted by molar-refractivity contribution is 7.80. The van der Waals surface area contributed by atoms with E-state index in [-0.39, 0.29) is 16.7 Å². The molecule has 1 aromatic rings. The maximum absolute atomic E-state index is 13.1. The predicted octanol–water partition coefficient (Wildman–Crippen LogP) is 2.80. The van der Waals surface area contributed by atoms with E-state index in [0.29, 0.717) is 6.54 Å². The number of nitrogens with zero attached hydrogens (tertiary/aromatic N) is 3. The molecule has 10 heteroatoms. The first-order valence-corrected chi connectivity index (χ1v) is 8.23.